The molecule has 12 nitrogen and oxygen atoms in total. The van der Waals surface area contributed by atoms with E-state index in [4.69, 9.17) is 37.9 Å². The van der Waals surface area contributed by atoms with Crippen LogP contribution in [0.4, 0.5) is 0 Å². The summed E-state index contributed by atoms with van der Waals surface area (Å²) in [6.07, 6.45) is 24.9. The summed E-state index contributed by atoms with van der Waals surface area (Å²) in [4.78, 5) is 47.4. The summed E-state index contributed by atoms with van der Waals surface area (Å²) in [5, 5.41) is 0. The average Bonchev–Trinajstić information content (AvgIpc) is 4.29. The molecule has 3 heterocycles. The standard InChI is InChI=1S/C18H30O3.C15H24O3.C15H26O3.C14H22O3.8CH4/c1-4-12(2)17(19)21-11-20-10-18(3)15-6-13-5-14(8-15)9-16(18)7-13;1-4-9(2)13(16)18-14-15(3)11-6-5-10(7-11)12(15)8-17-14;1-4-11(2)13(16)18-14-15(10-12(3)17-14)8-6-5-7-9-15;1-3-8(2)13(15)17-14-12-10-5-4-9(6-10)11(12)7-16-14;;;;;;;;/h12-16H,4-11H2,1-3H3;9-12,14H,4-8H2,1-3H3;11-12,14H,4-10H2,1-3H3;8-12,14H,3-7H2,1-2H3;8*1H4. The minimum absolute atomic E-state index is 0. The molecule has 0 aromatic heterocycles. The van der Waals surface area contributed by atoms with Gasteiger partial charge in [0.2, 0.25) is 18.9 Å². The van der Waals surface area contributed by atoms with Gasteiger partial charge in [0.25, 0.3) is 0 Å². The maximum Gasteiger partial charge on any atom is 0.310 e. The highest BCUT2D eigenvalue weighted by Gasteiger charge is 2.64. The molecule has 0 aromatic rings. The van der Waals surface area contributed by atoms with E-state index < -0.39 is 0 Å². The zero-order valence-corrected chi connectivity index (χ0v) is 48.0. The fraction of sp³-hybridized carbons (Fsp3) is 0.943. The molecule has 12 heteroatoms. The summed E-state index contributed by atoms with van der Waals surface area (Å²) >= 11 is 0. The van der Waals surface area contributed by atoms with E-state index in [1.165, 1.54) is 89.9 Å². The fourth-order valence-electron chi connectivity index (χ4n) is 16.8. The molecule has 0 N–H and O–H groups in total. The van der Waals surface area contributed by atoms with Gasteiger partial charge in [0.15, 0.2) is 6.79 Å². The maximum absolute atomic E-state index is 12.0. The van der Waals surface area contributed by atoms with Crippen molar-refractivity contribution in [3.63, 3.8) is 0 Å². The first-order chi connectivity index (χ1) is 35.4. The van der Waals surface area contributed by atoms with E-state index in [2.05, 4.69) is 20.8 Å². The Hall–Kier alpha value is -2.28. The van der Waals surface area contributed by atoms with E-state index in [1.807, 2.05) is 55.4 Å². The normalized spacial score (nSPS) is 37.5. The molecule has 3 aliphatic heterocycles. The number of rotatable bonds is 15. The lowest BCUT2D eigenvalue weighted by Crippen LogP contribution is -2.53. The second-order valence-corrected chi connectivity index (χ2v) is 26.9. The van der Waals surface area contributed by atoms with Crippen LogP contribution in [0, 0.1) is 105 Å². The molecule has 12 rings (SSSR count). The predicted molar refractivity (Wildman–Crippen MR) is 336 cm³/mol. The lowest BCUT2D eigenvalue weighted by atomic mass is 9.46. The molecule has 9 saturated carbocycles. The van der Waals surface area contributed by atoms with Gasteiger partial charge >= 0.3 is 23.9 Å². The summed E-state index contributed by atoms with van der Waals surface area (Å²) in [5.74, 6) is 8.07. The maximum atomic E-state index is 12.0. The lowest BCUT2D eigenvalue weighted by Gasteiger charge is -2.60. The second-order valence-electron chi connectivity index (χ2n) is 26.9. The summed E-state index contributed by atoms with van der Waals surface area (Å²) in [5.41, 5.74) is 0.517. The minimum atomic E-state index is -0.297. The Balaban J connectivity index is 0.00000104. The van der Waals surface area contributed by atoms with E-state index in [0.717, 1.165) is 106 Å². The zero-order valence-electron chi connectivity index (χ0n) is 48.0. The molecule has 82 heavy (non-hydrogen) atoms. The Morgan fingerprint density at radius 3 is 1.59 bits per heavy atom. The van der Waals surface area contributed by atoms with E-state index in [1.54, 1.807) is 0 Å². The van der Waals surface area contributed by atoms with Crippen LogP contribution < -0.4 is 0 Å². The number of ether oxygens (including phenoxy) is 8. The minimum Gasteiger partial charge on any atom is -0.438 e. The van der Waals surface area contributed by atoms with Crippen molar-refractivity contribution in [2.24, 2.45) is 105 Å². The Morgan fingerprint density at radius 2 is 1.04 bits per heavy atom. The van der Waals surface area contributed by atoms with Gasteiger partial charge in [-0.3, -0.25) is 19.2 Å². The molecule has 0 amide bonds. The number of carbonyl (C=O) groups is 4. The van der Waals surface area contributed by atoms with Crippen molar-refractivity contribution in [2.75, 3.05) is 26.6 Å². The Kier molecular flexibility index (Phi) is 33.4. The van der Waals surface area contributed by atoms with Gasteiger partial charge in [-0.05, 0) is 187 Å². The van der Waals surface area contributed by atoms with Crippen molar-refractivity contribution in [1.82, 2.24) is 0 Å². The van der Waals surface area contributed by atoms with Gasteiger partial charge in [-0.25, -0.2) is 0 Å². The number of carbonyl (C=O) groups excluding carboxylic acids is 4. The lowest BCUT2D eigenvalue weighted by molar-refractivity contribution is -0.199. The van der Waals surface area contributed by atoms with E-state index in [-0.39, 0.29) is 150 Å². The van der Waals surface area contributed by atoms with Gasteiger partial charge in [-0.1, -0.05) is 148 Å². The van der Waals surface area contributed by atoms with Crippen molar-refractivity contribution in [3.8, 4) is 0 Å². The highest BCUT2D eigenvalue weighted by Crippen LogP contribution is 2.65. The first kappa shape index (κ1) is 79.7. The van der Waals surface area contributed by atoms with Gasteiger partial charge in [0.05, 0.1) is 49.6 Å². The van der Waals surface area contributed by atoms with Gasteiger partial charge in [-0.2, -0.15) is 0 Å². The van der Waals surface area contributed by atoms with Crippen LogP contribution in [0.1, 0.15) is 270 Å². The summed E-state index contributed by atoms with van der Waals surface area (Å²) in [7, 11) is 0. The highest BCUT2D eigenvalue weighted by atomic mass is 16.7. The van der Waals surface area contributed by atoms with Gasteiger partial charge < -0.3 is 37.9 Å². The first-order valence-electron chi connectivity index (χ1n) is 30.6. The van der Waals surface area contributed by atoms with Crippen molar-refractivity contribution in [2.45, 2.75) is 295 Å². The van der Waals surface area contributed by atoms with Crippen molar-refractivity contribution >= 4 is 23.9 Å². The van der Waals surface area contributed by atoms with Crippen molar-refractivity contribution in [1.29, 1.82) is 0 Å². The smallest absolute Gasteiger partial charge is 0.310 e. The van der Waals surface area contributed by atoms with Crippen LogP contribution in [-0.2, 0) is 57.1 Å². The van der Waals surface area contributed by atoms with Gasteiger partial charge in [0.1, 0.15) is 0 Å². The molecule has 16 atom stereocenters. The van der Waals surface area contributed by atoms with Crippen LogP contribution in [0.5, 0.6) is 0 Å². The third kappa shape index (κ3) is 16.9. The molecule has 16 unspecified atom stereocenters. The van der Waals surface area contributed by atoms with Crippen LogP contribution in [0.2, 0.25) is 0 Å². The van der Waals surface area contributed by atoms with Crippen LogP contribution >= 0.6 is 0 Å². The Morgan fingerprint density at radius 1 is 0.537 bits per heavy atom. The molecule has 12 fully saturated rings. The van der Waals surface area contributed by atoms with Crippen LogP contribution in [-0.4, -0.2) is 75.5 Å². The molecule has 0 radical (unpaired) electrons. The second kappa shape index (κ2) is 34.3. The number of fused-ring (bicyclic) bond motifs is 10. The molecule has 0 aromatic carbocycles. The SMILES string of the molecule is C.C.C.C.C.C.C.C.CCC(C)C(=O)OC1OC(C)CC12CCCCC2.CCC(C)C(=O)OC1OCC2C3CCC(C3)C12.CCC(C)C(=O)OC1OCC2C3CCC(C3)C12C.CCC(C)C(=O)OCOCC1(C)C2CC3CC(C2)CC1C3. The average molecular weight is 1170 g/mol. The van der Waals surface area contributed by atoms with E-state index in [9.17, 15) is 19.2 Å². The Labute approximate surface area is 505 Å². The third-order valence-electron chi connectivity index (χ3n) is 22.4. The van der Waals surface area contributed by atoms with Gasteiger partial charge in [-0.15, -0.1) is 0 Å². The first-order valence-corrected chi connectivity index (χ1v) is 30.6. The molecule has 486 valence electrons. The molecule has 3 saturated heterocycles. The molecular formula is C70H134O12. The summed E-state index contributed by atoms with van der Waals surface area (Å²) in [6, 6.07) is 0. The number of hydrogen-bond acceptors (Lipinski definition) is 12. The fourth-order valence-corrected chi connectivity index (χ4v) is 16.8. The number of hydrogen-bond donors (Lipinski definition) is 0. The Bertz CT molecular complexity index is 1830. The summed E-state index contributed by atoms with van der Waals surface area (Å²) < 4.78 is 45.3. The molecule has 1 spiro atoms. The quantitative estimate of drug-likeness (QED) is 0.0667. The van der Waals surface area contributed by atoms with Gasteiger partial charge in [0, 0.05) is 16.7 Å². The molecule has 8 bridgehead atoms. The highest BCUT2D eigenvalue weighted by molar-refractivity contribution is 5.73. The largest absolute Gasteiger partial charge is 0.438 e. The van der Waals surface area contributed by atoms with E-state index in [0.29, 0.717) is 29.1 Å². The van der Waals surface area contributed by atoms with Crippen molar-refractivity contribution < 1.29 is 57.1 Å². The van der Waals surface area contributed by atoms with Crippen molar-refractivity contribution in [3.05, 3.63) is 0 Å². The number of esters is 4. The summed E-state index contributed by atoms with van der Waals surface area (Å²) in [6.45, 7) is 25.0. The molecular weight excluding hydrogens is 1030 g/mol. The monoisotopic (exact) mass is 1170 g/mol. The third-order valence-corrected chi connectivity index (χ3v) is 22.4. The molecule has 12 aliphatic rings. The topological polar surface area (TPSA) is 142 Å². The van der Waals surface area contributed by atoms with Crippen LogP contribution in [0.15, 0.2) is 0 Å². The molecule has 9 aliphatic carbocycles. The predicted octanol–water partition coefficient (Wildman–Crippen LogP) is 18.3. The van der Waals surface area contributed by atoms with Crippen LogP contribution in [0.3, 0.4) is 0 Å². The van der Waals surface area contributed by atoms with Crippen LogP contribution in [0.25, 0.3) is 0 Å². The zero-order chi connectivity index (χ0) is 53.1. The van der Waals surface area contributed by atoms with E-state index >= 15 is 0 Å².